The molecule has 0 saturated carbocycles. The van der Waals surface area contributed by atoms with Crippen molar-refractivity contribution in [3.8, 4) is 22.5 Å². The zero-order valence-corrected chi connectivity index (χ0v) is 17.1. The minimum absolute atomic E-state index is 0.0315. The molecule has 4 aromatic rings. The topological polar surface area (TPSA) is 96.7 Å². The first-order valence-electron chi connectivity index (χ1n) is 9.11. The molecule has 0 radical (unpaired) electrons. The van der Waals surface area contributed by atoms with Crippen LogP contribution in [0.15, 0.2) is 64.9 Å². The lowest BCUT2D eigenvalue weighted by molar-refractivity contribution is -0.112. The number of aryl methyl sites for hydroxylation is 2. The van der Waals surface area contributed by atoms with E-state index in [1.54, 1.807) is 18.2 Å². The van der Waals surface area contributed by atoms with Gasteiger partial charge in [0.1, 0.15) is 11.6 Å². The molecule has 1 N–H and O–H groups in total. The van der Waals surface area contributed by atoms with Gasteiger partial charge in [-0.2, -0.15) is 5.26 Å². The molecule has 0 aliphatic rings. The molecule has 0 saturated heterocycles. The van der Waals surface area contributed by atoms with Crippen LogP contribution in [0.25, 0.3) is 22.5 Å². The molecule has 1 aromatic carbocycles. The van der Waals surface area contributed by atoms with Crippen molar-refractivity contribution in [3.05, 3.63) is 77.3 Å². The summed E-state index contributed by atoms with van der Waals surface area (Å²) in [6.07, 6.45) is 5.01. The maximum absolute atomic E-state index is 12.7. The normalized spacial score (nSPS) is 11.3. The summed E-state index contributed by atoms with van der Waals surface area (Å²) in [4.78, 5) is 12.7. The number of aromatic nitrogens is 3. The fourth-order valence-electron chi connectivity index (χ4n) is 3.14. The Labute approximate surface area is 176 Å². The number of rotatable bonds is 5. The number of carbonyl (C=O) groups is 1. The summed E-state index contributed by atoms with van der Waals surface area (Å²) < 4.78 is 7.25. The van der Waals surface area contributed by atoms with E-state index in [1.807, 2.05) is 61.0 Å². The number of nitriles is 1. The summed E-state index contributed by atoms with van der Waals surface area (Å²) >= 11 is 1.17. The van der Waals surface area contributed by atoms with Crippen molar-refractivity contribution in [2.75, 3.05) is 5.32 Å². The summed E-state index contributed by atoms with van der Waals surface area (Å²) in [6, 6.07) is 15.3. The third-order valence-electron chi connectivity index (χ3n) is 4.50. The van der Waals surface area contributed by atoms with Gasteiger partial charge < -0.3 is 8.98 Å². The van der Waals surface area contributed by atoms with Gasteiger partial charge in [0.15, 0.2) is 10.8 Å². The van der Waals surface area contributed by atoms with Crippen LogP contribution >= 0.6 is 11.3 Å². The molecule has 0 bridgehead atoms. The van der Waals surface area contributed by atoms with Gasteiger partial charge in [0.25, 0.3) is 5.91 Å². The predicted octanol–water partition coefficient (Wildman–Crippen LogP) is 4.75. The second-order valence-corrected chi connectivity index (χ2v) is 7.53. The van der Waals surface area contributed by atoms with Crippen LogP contribution < -0.4 is 5.32 Å². The molecule has 0 unspecified atom stereocenters. The van der Waals surface area contributed by atoms with Gasteiger partial charge in [-0.05, 0) is 55.3 Å². The highest BCUT2D eigenvalue weighted by atomic mass is 32.1. The number of benzene rings is 1. The average molecular weight is 415 g/mol. The lowest BCUT2D eigenvalue weighted by atomic mass is 10.1. The largest absolute Gasteiger partial charge is 0.462 e. The molecular formula is C22H17N5O2S. The Morgan fingerprint density at radius 1 is 1.17 bits per heavy atom. The van der Waals surface area contributed by atoms with Crippen LogP contribution in [0, 0.1) is 25.2 Å². The van der Waals surface area contributed by atoms with E-state index >= 15 is 0 Å². The average Bonchev–Trinajstić information content (AvgIpc) is 3.48. The van der Waals surface area contributed by atoms with Gasteiger partial charge in [0.05, 0.1) is 12.0 Å². The molecule has 0 atom stereocenters. The first-order chi connectivity index (χ1) is 14.6. The Morgan fingerprint density at radius 3 is 2.67 bits per heavy atom. The molecule has 3 aromatic heterocycles. The highest BCUT2D eigenvalue weighted by Gasteiger charge is 2.16. The Balaban J connectivity index is 1.60. The van der Waals surface area contributed by atoms with Crippen molar-refractivity contribution in [1.82, 2.24) is 14.8 Å². The third-order valence-corrected chi connectivity index (χ3v) is 5.35. The van der Waals surface area contributed by atoms with Gasteiger partial charge in [0.2, 0.25) is 5.13 Å². The molecule has 4 rings (SSSR count). The fraction of sp³-hybridized carbons (Fsp3) is 0.0909. The molecule has 0 spiro atoms. The number of hydrogen-bond donors (Lipinski definition) is 1. The number of hydrogen-bond acceptors (Lipinski definition) is 6. The van der Waals surface area contributed by atoms with Crippen molar-refractivity contribution in [2.24, 2.45) is 0 Å². The molecule has 8 heteroatoms. The zero-order chi connectivity index (χ0) is 21.1. The maximum atomic E-state index is 12.7. The summed E-state index contributed by atoms with van der Waals surface area (Å²) in [6.45, 7) is 4.06. The Hall–Kier alpha value is -3.96. The lowest BCUT2D eigenvalue weighted by Gasteiger charge is -2.13. The second-order valence-electron chi connectivity index (χ2n) is 6.56. The fourth-order valence-corrected chi connectivity index (χ4v) is 3.84. The van der Waals surface area contributed by atoms with Gasteiger partial charge >= 0.3 is 0 Å². The Kier molecular flexibility index (Phi) is 5.28. The number of carbonyl (C=O) groups excluding carboxylic acids is 1. The molecule has 0 aliphatic carbocycles. The minimum atomic E-state index is -0.547. The van der Waals surface area contributed by atoms with E-state index in [2.05, 4.69) is 15.5 Å². The second kappa shape index (κ2) is 8.19. The monoisotopic (exact) mass is 415 g/mol. The van der Waals surface area contributed by atoms with Crippen LogP contribution in [0.5, 0.6) is 0 Å². The zero-order valence-electron chi connectivity index (χ0n) is 16.3. The first-order valence-corrected chi connectivity index (χ1v) is 9.93. The standard InChI is InChI=1S/C22H17N5O2S/c1-14-6-3-7-15(2)19(14)27-10-4-8-17(27)12-16(13-23)20(28)24-22-26-25-21(30-22)18-9-5-11-29-18/h3-12H,1-2H3,(H,24,26,28)/b16-12-. The van der Waals surface area contributed by atoms with Crippen molar-refractivity contribution in [1.29, 1.82) is 5.26 Å². The van der Waals surface area contributed by atoms with E-state index in [1.165, 1.54) is 17.6 Å². The number of nitrogens with zero attached hydrogens (tertiary/aromatic N) is 4. The molecule has 148 valence electrons. The predicted molar refractivity (Wildman–Crippen MR) is 115 cm³/mol. The van der Waals surface area contributed by atoms with E-state index in [0.717, 1.165) is 22.5 Å². The quantitative estimate of drug-likeness (QED) is 0.375. The number of nitrogens with one attached hydrogen (secondary N) is 1. The van der Waals surface area contributed by atoms with Gasteiger partial charge in [-0.1, -0.05) is 29.5 Å². The van der Waals surface area contributed by atoms with Crippen LogP contribution in [0.4, 0.5) is 5.13 Å². The van der Waals surface area contributed by atoms with Crippen molar-refractivity contribution < 1.29 is 9.21 Å². The Bertz CT molecular complexity index is 1250. The van der Waals surface area contributed by atoms with E-state index in [-0.39, 0.29) is 10.7 Å². The highest BCUT2D eigenvalue weighted by molar-refractivity contribution is 7.18. The summed E-state index contributed by atoms with van der Waals surface area (Å²) in [5, 5.41) is 21.0. The summed E-state index contributed by atoms with van der Waals surface area (Å²) in [5.41, 5.74) is 3.92. The molecule has 0 aliphatic heterocycles. The number of para-hydroxylation sites is 1. The highest BCUT2D eigenvalue weighted by Crippen LogP contribution is 2.27. The van der Waals surface area contributed by atoms with Crippen LogP contribution in [0.1, 0.15) is 16.8 Å². The molecule has 30 heavy (non-hydrogen) atoms. The van der Waals surface area contributed by atoms with E-state index in [4.69, 9.17) is 4.42 Å². The van der Waals surface area contributed by atoms with Gasteiger partial charge in [-0.3, -0.25) is 10.1 Å². The van der Waals surface area contributed by atoms with Crippen molar-refractivity contribution >= 4 is 28.5 Å². The summed E-state index contributed by atoms with van der Waals surface area (Å²) in [7, 11) is 0. The van der Waals surface area contributed by atoms with Crippen LogP contribution in [-0.4, -0.2) is 20.7 Å². The molecule has 3 heterocycles. The van der Waals surface area contributed by atoms with E-state index < -0.39 is 5.91 Å². The summed E-state index contributed by atoms with van der Waals surface area (Å²) in [5.74, 6) is 0.0179. The molecular weight excluding hydrogens is 398 g/mol. The van der Waals surface area contributed by atoms with Crippen LogP contribution in [-0.2, 0) is 4.79 Å². The van der Waals surface area contributed by atoms with Crippen molar-refractivity contribution in [2.45, 2.75) is 13.8 Å². The third kappa shape index (κ3) is 3.79. The van der Waals surface area contributed by atoms with Crippen LogP contribution in [0.2, 0.25) is 0 Å². The molecule has 7 nitrogen and oxygen atoms in total. The smallest absolute Gasteiger partial charge is 0.268 e. The SMILES string of the molecule is Cc1cccc(C)c1-n1cccc1/C=C(/C#N)C(=O)Nc1nnc(-c2ccco2)s1. The minimum Gasteiger partial charge on any atom is -0.462 e. The Morgan fingerprint density at radius 2 is 1.97 bits per heavy atom. The molecule has 0 fully saturated rings. The molecule has 1 amide bonds. The van der Waals surface area contributed by atoms with Crippen LogP contribution in [0.3, 0.4) is 0 Å². The van der Waals surface area contributed by atoms with Gasteiger partial charge in [-0.15, -0.1) is 10.2 Å². The van der Waals surface area contributed by atoms with Crippen molar-refractivity contribution in [3.63, 3.8) is 0 Å². The maximum Gasteiger partial charge on any atom is 0.268 e. The number of anilines is 1. The number of amides is 1. The first kappa shape index (κ1) is 19.4. The van der Waals surface area contributed by atoms with Gasteiger partial charge in [0, 0.05) is 11.9 Å². The van der Waals surface area contributed by atoms with E-state index in [0.29, 0.717) is 10.8 Å². The lowest BCUT2D eigenvalue weighted by Crippen LogP contribution is -2.13. The number of furan rings is 1. The van der Waals surface area contributed by atoms with E-state index in [9.17, 15) is 10.1 Å². The van der Waals surface area contributed by atoms with Gasteiger partial charge in [-0.25, -0.2) is 0 Å².